The van der Waals surface area contributed by atoms with Crippen molar-refractivity contribution in [2.75, 3.05) is 5.75 Å². The summed E-state index contributed by atoms with van der Waals surface area (Å²) in [7, 11) is 2.91. The van der Waals surface area contributed by atoms with Crippen LogP contribution in [0.4, 0.5) is 0 Å². The Hall–Kier alpha value is -1.78. The molecule has 0 spiro atoms. The molecule has 0 aliphatic carbocycles. The third-order valence-electron chi connectivity index (χ3n) is 2.57. The van der Waals surface area contributed by atoms with Crippen molar-refractivity contribution in [2.24, 2.45) is 19.9 Å². The summed E-state index contributed by atoms with van der Waals surface area (Å²) in [5, 5.41) is 0.372. The highest BCUT2D eigenvalue weighted by atomic mass is 35.5. The van der Waals surface area contributed by atoms with Gasteiger partial charge in [-0.15, -0.1) is 12.4 Å². The fourth-order valence-electron chi connectivity index (χ4n) is 1.55. The van der Waals surface area contributed by atoms with Gasteiger partial charge in [-0.05, 0) is 0 Å². The van der Waals surface area contributed by atoms with Crippen LogP contribution in [0.1, 0.15) is 0 Å². The Morgan fingerprint density at radius 1 is 1.40 bits per heavy atom. The average molecular weight is 321 g/mol. The minimum atomic E-state index is -0.458. The molecule has 0 saturated carbocycles. The van der Waals surface area contributed by atoms with Crippen molar-refractivity contribution < 1.29 is 4.79 Å². The third-order valence-corrected chi connectivity index (χ3v) is 3.45. The van der Waals surface area contributed by atoms with Crippen molar-refractivity contribution in [3.05, 3.63) is 20.8 Å². The van der Waals surface area contributed by atoms with Gasteiger partial charge in [0, 0.05) is 14.1 Å². The van der Waals surface area contributed by atoms with E-state index >= 15 is 0 Å². The van der Waals surface area contributed by atoms with Crippen molar-refractivity contribution in [2.45, 2.75) is 5.16 Å². The van der Waals surface area contributed by atoms with Gasteiger partial charge in [-0.25, -0.2) is 15.6 Å². The average Bonchev–Trinajstić information content (AvgIpc) is 2.84. The quantitative estimate of drug-likeness (QED) is 0.272. The number of aryl methyl sites for hydroxylation is 1. The number of hydrazine groups is 1. The van der Waals surface area contributed by atoms with Gasteiger partial charge >= 0.3 is 5.69 Å². The zero-order valence-electron chi connectivity index (χ0n) is 10.7. The molecule has 9 nitrogen and oxygen atoms in total. The number of aromatic amines is 1. The van der Waals surface area contributed by atoms with E-state index in [2.05, 4.69) is 9.97 Å². The largest absolute Gasteiger partial charge is 0.332 e. The summed E-state index contributed by atoms with van der Waals surface area (Å²) in [6.07, 6.45) is 0. The molecule has 2 aromatic heterocycles. The number of hydrogen-bond donors (Lipinski definition) is 3. The number of imidazole rings is 1. The number of thioether (sulfide) groups is 1. The number of nitrogens with one attached hydrogen (secondary N) is 2. The van der Waals surface area contributed by atoms with Gasteiger partial charge in [0.2, 0.25) is 5.91 Å². The molecule has 1 amide bonds. The number of fused-ring (bicyclic) bond motifs is 1. The van der Waals surface area contributed by atoms with Crippen LogP contribution < -0.4 is 22.5 Å². The molecule has 0 unspecified atom stereocenters. The molecule has 0 bridgehead atoms. The van der Waals surface area contributed by atoms with Crippen LogP contribution in [0.5, 0.6) is 0 Å². The van der Waals surface area contributed by atoms with E-state index in [9.17, 15) is 14.4 Å². The third kappa shape index (κ3) is 2.71. The van der Waals surface area contributed by atoms with E-state index in [0.29, 0.717) is 5.16 Å². The predicted octanol–water partition coefficient (Wildman–Crippen LogP) is -1.54. The molecule has 20 heavy (non-hydrogen) atoms. The van der Waals surface area contributed by atoms with Crippen LogP contribution in [0, 0.1) is 0 Å². The van der Waals surface area contributed by atoms with Gasteiger partial charge in [0.25, 0.3) is 5.56 Å². The Labute approximate surface area is 122 Å². The summed E-state index contributed by atoms with van der Waals surface area (Å²) in [5.74, 6) is 4.65. The first-order valence-corrected chi connectivity index (χ1v) is 6.22. The minimum absolute atomic E-state index is 0. The number of carbonyl (C=O) groups excluding carboxylic acids is 1. The van der Waals surface area contributed by atoms with Gasteiger partial charge in [0.1, 0.15) is 0 Å². The van der Waals surface area contributed by atoms with Crippen LogP contribution in [0.15, 0.2) is 14.7 Å². The van der Waals surface area contributed by atoms with Crippen molar-refractivity contribution in [3.63, 3.8) is 0 Å². The molecule has 4 N–H and O–H groups in total. The number of nitrogens with zero attached hydrogens (tertiary/aromatic N) is 3. The highest BCUT2D eigenvalue weighted by Gasteiger charge is 2.14. The molecule has 0 radical (unpaired) electrons. The first kappa shape index (κ1) is 16.3. The summed E-state index contributed by atoms with van der Waals surface area (Å²) in [4.78, 5) is 41.5. The number of aromatic nitrogens is 4. The number of halogens is 1. The van der Waals surface area contributed by atoms with Crippen molar-refractivity contribution in [1.82, 2.24) is 24.5 Å². The summed E-state index contributed by atoms with van der Waals surface area (Å²) in [5.41, 5.74) is 1.55. The van der Waals surface area contributed by atoms with E-state index in [4.69, 9.17) is 5.84 Å². The van der Waals surface area contributed by atoms with Crippen LogP contribution in [0.25, 0.3) is 11.2 Å². The lowest BCUT2D eigenvalue weighted by molar-refractivity contribution is -0.118. The number of amides is 1. The molecule has 0 saturated heterocycles. The number of rotatable bonds is 3. The molecule has 2 aromatic rings. The maximum absolute atomic E-state index is 11.9. The molecule has 2 heterocycles. The van der Waals surface area contributed by atoms with Gasteiger partial charge in [0.15, 0.2) is 16.3 Å². The predicted molar refractivity (Wildman–Crippen MR) is 76.9 cm³/mol. The van der Waals surface area contributed by atoms with Gasteiger partial charge in [-0.3, -0.25) is 24.1 Å². The molecule has 0 aromatic carbocycles. The van der Waals surface area contributed by atoms with E-state index in [-0.39, 0.29) is 35.2 Å². The molecule has 110 valence electrons. The summed E-state index contributed by atoms with van der Waals surface area (Å²) in [6.45, 7) is 0. The molecule has 0 aliphatic heterocycles. The van der Waals surface area contributed by atoms with Crippen LogP contribution >= 0.6 is 24.2 Å². The molecular weight excluding hydrogens is 308 g/mol. The Balaban J connectivity index is 0.00000200. The standard InChI is InChI=1S/C9H12N6O3S.ClH/c1-14-6-5(7(17)15(2)9(14)18)11-8(12-6)19-3-4(16)13-10;/h3,10H2,1-2H3,(H,11,12)(H,13,16);1H. The summed E-state index contributed by atoms with van der Waals surface area (Å²) < 4.78 is 2.25. The molecule has 2 rings (SSSR count). The Bertz CT molecular complexity index is 763. The van der Waals surface area contributed by atoms with Crippen molar-refractivity contribution in [1.29, 1.82) is 0 Å². The second-order valence-corrected chi connectivity index (χ2v) is 4.77. The highest BCUT2D eigenvalue weighted by Crippen LogP contribution is 2.15. The van der Waals surface area contributed by atoms with Crippen molar-refractivity contribution >= 4 is 41.2 Å². The lowest BCUT2D eigenvalue weighted by atomic mass is 10.5. The van der Waals surface area contributed by atoms with Gasteiger partial charge < -0.3 is 4.98 Å². The zero-order chi connectivity index (χ0) is 14.2. The van der Waals surface area contributed by atoms with Crippen LogP contribution in [0.2, 0.25) is 0 Å². The zero-order valence-corrected chi connectivity index (χ0v) is 12.3. The molecule has 0 fully saturated rings. The van der Waals surface area contributed by atoms with E-state index in [1.807, 2.05) is 5.43 Å². The molecule has 11 heteroatoms. The number of nitrogens with two attached hydrogens (primary N) is 1. The van der Waals surface area contributed by atoms with Crippen LogP contribution in [0.3, 0.4) is 0 Å². The summed E-state index contributed by atoms with van der Waals surface area (Å²) >= 11 is 1.09. The first-order chi connectivity index (χ1) is 8.95. The monoisotopic (exact) mass is 320 g/mol. The van der Waals surface area contributed by atoms with Gasteiger partial charge in [0.05, 0.1) is 5.75 Å². The van der Waals surface area contributed by atoms with Crippen molar-refractivity contribution in [3.8, 4) is 0 Å². The van der Waals surface area contributed by atoms with E-state index in [0.717, 1.165) is 16.3 Å². The Kier molecular flexibility index (Phi) is 4.98. The first-order valence-electron chi connectivity index (χ1n) is 5.23. The summed E-state index contributed by atoms with van der Waals surface area (Å²) in [6, 6.07) is 0. The van der Waals surface area contributed by atoms with E-state index in [1.165, 1.54) is 18.7 Å². The van der Waals surface area contributed by atoms with Gasteiger partial charge in [-0.2, -0.15) is 0 Å². The topological polar surface area (TPSA) is 128 Å². The Morgan fingerprint density at radius 2 is 2.05 bits per heavy atom. The second-order valence-electron chi connectivity index (χ2n) is 3.80. The molecule has 0 aliphatic rings. The molecule has 0 atom stereocenters. The second kappa shape index (κ2) is 6.11. The lowest BCUT2D eigenvalue weighted by Crippen LogP contribution is -2.36. The highest BCUT2D eigenvalue weighted by molar-refractivity contribution is 7.99. The SMILES string of the molecule is Cl.Cn1c(=O)c2[nH]c(SCC(=O)NN)nc2n(C)c1=O. The van der Waals surface area contributed by atoms with Crippen LogP contribution in [-0.4, -0.2) is 30.8 Å². The number of carbonyl (C=O) groups is 1. The van der Waals surface area contributed by atoms with E-state index in [1.54, 1.807) is 0 Å². The number of H-pyrrole nitrogens is 1. The maximum Gasteiger partial charge on any atom is 0.332 e. The normalized spacial score (nSPS) is 10.3. The molecular formula is C9H13ClN6O3S. The number of hydrogen-bond acceptors (Lipinski definition) is 6. The minimum Gasteiger partial charge on any atom is -0.327 e. The maximum atomic E-state index is 11.9. The Morgan fingerprint density at radius 3 is 2.65 bits per heavy atom. The van der Waals surface area contributed by atoms with Gasteiger partial charge in [-0.1, -0.05) is 11.8 Å². The lowest BCUT2D eigenvalue weighted by Gasteiger charge is -2.00. The smallest absolute Gasteiger partial charge is 0.327 e. The fourth-order valence-corrected chi connectivity index (χ4v) is 2.23. The fraction of sp³-hybridized carbons (Fsp3) is 0.333. The van der Waals surface area contributed by atoms with Crippen LogP contribution in [-0.2, 0) is 18.9 Å². The van der Waals surface area contributed by atoms with E-state index < -0.39 is 11.2 Å².